The Kier molecular flexibility index (Phi) is 4.17. The summed E-state index contributed by atoms with van der Waals surface area (Å²) in [5.74, 6) is -0.0753. The van der Waals surface area contributed by atoms with Gasteiger partial charge in [-0.05, 0) is 42.0 Å². The van der Waals surface area contributed by atoms with Gasteiger partial charge in [-0.3, -0.25) is 9.59 Å². The maximum Gasteiger partial charge on any atom is 0.258 e. The molecular formula is C25H21N3O2. The number of nitrogens with zero attached hydrogens (tertiary/aromatic N) is 2. The summed E-state index contributed by atoms with van der Waals surface area (Å²) < 4.78 is 0. The second kappa shape index (κ2) is 6.88. The first-order chi connectivity index (χ1) is 14.5. The minimum absolute atomic E-state index is 0.0186. The van der Waals surface area contributed by atoms with Crippen molar-refractivity contribution in [3.8, 4) is 0 Å². The Labute approximate surface area is 175 Å². The maximum atomic E-state index is 12.8. The quantitative estimate of drug-likeness (QED) is 0.688. The number of amides is 2. The summed E-state index contributed by atoms with van der Waals surface area (Å²) >= 11 is 0. The van der Waals surface area contributed by atoms with Crippen LogP contribution in [0.4, 0.5) is 17.1 Å². The maximum absolute atomic E-state index is 12.8. The number of benzene rings is 3. The van der Waals surface area contributed by atoms with Crippen LogP contribution in [0.25, 0.3) is 11.8 Å². The molecule has 2 aliphatic heterocycles. The fourth-order valence-corrected chi connectivity index (χ4v) is 4.28. The molecule has 1 N–H and O–H groups in total. The van der Waals surface area contributed by atoms with Crippen LogP contribution in [-0.4, -0.2) is 23.8 Å². The monoisotopic (exact) mass is 395 g/mol. The predicted octanol–water partition coefficient (Wildman–Crippen LogP) is 4.88. The van der Waals surface area contributed by atoms with Crippen molar-refractivity contribution < 1.29 is 9.59 Å². The zero-order chi connectivity index (χ0) is 20.8. The summed E-state index contributed by atoms with van der Waals surface area (Å²) in [6.45, 7) is 2.12. The van der Waals surface area contributed by atoms with Crippen molar-refractivity contribution in [1.82, 2.24) is 4.90 Å². The van der Waals surface area contributed by atoms with Crippen LogP contribution in [0.2, 0.25) is 0 Å². The van der Waals surface area contributed by atoms with Gasteiger partial charge in [-0.15, -0.1) is 0 Å². The van der Waals surface area contributed by atoms with Gasteiger partial charge in [0.15, 0.2) is 0 Å². The molecule has 2 heterocycles. The lowest BCUT2D eigenvalue weighted by Gasteiger charge is -2.27. The summed E-state index contributed by atoms with van der Waals surface area (Å²) in [6.07, 6.45) is 2.09. The highest BCUT2D eigenvalue weighted by molar-refractivity contribution is 6.15. The largest absolute Gasteiger partial charge is 0.336 e. The van der Waals surface area contributed by atoms with Crippen molar-refractivity contribution >= 4 is 40.6 Å². The molecule has 0 spiro atoms. The van der Waals surface area contributed by atoms with Gasteiger partial charge >= 0.3 is 0 Å². The normalized spacial score (nSPS) is 14.1. The van der Waals surface area contributed by atoms with Crippen LogP contribution in [0.1, 0.15) is 34.0 Å². The lowest BCUT2D eigenvalue weighted by Crippen LogP contribution is -2.18. The highest BCUT2D eigenvalue weighted by atomic mass is 16.2. The summed E-state index contributed by atoms with van der Waals surface area (Å²) in [4.78, 5) is 28.2. The minimum atomic E-state index is -0.0939. The molecule has 2 aliphatic rings. The molecule has 0 saturated heterocycles. The summed E-state index contributed by atoms with van der Waals surface area (Å²) in [5.41, 5.74) is 7.61. The van der Waals surface area contributed by atoms with Crippen molar-refractivity contribution in [3.63, 3.8) is 0 Å². The molecule has 5 nitrogen and oxygen atoms in total. The third-order valence-corrected chi connectivity index (χ3v) is 5.59. The topological polar surface area (TPSA) is 52.7 Å². The number of carbonyl (C=O) groups excluding carboxylic acids is 2. The van der Waals surface area contributed by atoms with E-state index in [1.165, 1.54) is 6.92 Å². The fraction of sp³-hybridized carbons (Fsp3) is 0.120. The van der Waals surface area contributed by atoms with E-state index in [0.717, 1.165) is 45.0 Å². The molecular weight excluding hydrogens is 374 g/mol. The first kappa shape index (κ1) is 18.2. The second-order valence-corrected chi connectivity index (χ2v) is 7.62. The number of rotatable bonds is 3. The summed E-state index contributed by atoms with van der Waals surface area (Å²) in [7, 11) is 1.83. The third-order valence-electron chi connectivity index (χ3n) is 5.59. The molecule has 2 amide bonds. The molecule has 0 atom stereocenters. The van der Waals surface area contributed by atoms with Gasteiger partial charge in [0.05, 0.1) is 16.9 Å². The van der Waals surface area contributed by atoms with E-state index in [-0.39, 0.29) is 11.8 Å². The molecule has 0 radical (unpaired) electrons. The Balaban J connectivity index is 1.66. The lowest BCUT2D eigenvalue weighted by molar-refractivity contribution is -0.114. The first-order valence-corrected chi connectivity index (χ1v) is 9.89. The van der Waals surface area contributed by atoms with E-state index in [0.29, 0.717) is 6.54 Å². The molecule has 148 valence electrons. The Morgan fingerprint density at radius 1 is 0.967 bits per heavy atom. The van der Waals surface area contributed by atoms with Crippen LogP contribution in [0, 0.1) is 0 Å². The Morgan fingerprint density at radius 3 is 2.57 bits per heavy atom. The van der Waals surface area contributed by atoms with Crippen LogP contribution in [-0.2, 0) is 11.3 Å². The van der Waals surface area contributed by atoms with Gasteiger partial charge in [0.2, 0.25) is 5.91 Å². The lowest BCUT2D eigenvalue weighted by atomic mass is 10.0. The number of hydrogen-bond acceptors (Lipinski definition) is 3. The van der Waals surface area contributed by atoms with Crippen LogP contribution in [0.3, 0.4) is 0 Å². The average molecular weight is 395 g/mol. The number of fused-ring (bicyclic) bond motifs is 1. The third kappa shape index (κ3) is 2.87. The Hall–Kier alpha value is -3.86. The van der Waals surface area contributed by atoms with Gasteiger partial charge < -0.3 is 15.1 Å². The number of para-hydroxylation sites is 1. The van der Waals surface area contributed by atoms with Gasteiger partial charge in [-0.2, -0.15) is 0 Å². The van der Waals surface area contributed by atoms with Gasteiger partial charge in [0.1, 0.15) is 0 Å². The first-order valence-electron chi connectivity index (χ1n) is 9.89. The molecule has 0 aliphatic carbocycles. The molecule has 3 aromatic rings. The number of carbonyl (C=O) groups is 2. The van der Waals surface area contributed by atoms with E-state index >= 15 is 0 Å². The molecule has 3 aromatic carbocycles. The Morgan fingerprint density at radius 2 is 1.73 bits per heavy atom. The van der Waals surface area contributed by atoms with E-state index in [1.807, 2.05) is 55.6 Å². The number of hydrogen-bond donors (Lipinski definition) is 1. The molecule has 30 heavy (non-hydrogen) atoms. The van der Waals surface area contributed by atoms with Crippen LogP contribution >= 0.6 is 0 Å². The highest BCUT2D eigenvalue weighted by Gasteiger charge is 2.35. The van der Waals surface area contributed by atoms with Gasteiger partial charge in [0.25, 0.3) is 5.91 Å². The van der Waals surface area contributed by atoms with Crippen molar-refractivity contribution in [2.24, 2.45) is 0 Å². The zero-order valence-corrected chi connectivity index (χ0v) is 16.8. The predicted molar refractivity (Wildman–Crippen MR) is 119 cm³/mol. The van der Waals surface area contributed by atoms with Gasteiger partial charge in [0, 0.05) is 43.0 Å². The van der Waals surface area contributed by atoms with E-state index in [2.05, 4.69) is 34.5 Å². The van der Waals surface area contributed by atoms with Crippen LogP contribution in [0.5, 0.6) is 0 Å². The SMILES string of the molecule is CC(=O)Nc1cccc(CN2c3ccccc3C=C3c4c(cccc42)C(=O)N3C)c1. The van der Waals surface area contributed by atoms with E-state index in [4.69, 9.17) is 0 Å². The standard InChI is InChI=1S/C25H21N3O2/c1-16(29)26-19-9-5-7-17(13-19)15-28-21-11-4-3-8-18(21)14-23-24-20(25(30)27(23)2)10-6-12-22(24)28/h3-14H,15H2,1-2H3,(H,26,29). The van der Waals surface area contributed by atoms with Crippen molar-refractivity contribution in [2.75, 3.05) is 17.3 Å². The smallest absolute Gasteiger partial charge is 0.258 e. The van der Waals surface area contributed by atoms with Crippen molar-refractivity contribution in [1.29, 1.82) is 0 Å². The van der Waals surface area contributed by atoms with Crippen molar-refractivity contribution in [3.05, 3.63) is 89.0 Å². The molecule has 0 saturated carbocycles. The summed E-state index contributed by atoms with van der Waals surface area (Å²) in [6, 6.07) is 22.0. The molecule has 0 aromatic heterocycles. The number of anilines is 3. The highest BCUT2D eigenvalue weighted by Crippen LogP contribution is 2.46. The second-order valence-electron chi connectivity index (χ2n) is 7.62. The van der Waals surface area contributed by atoms with E-state index in [9.17, 15) is 9.59 Å². The zero-order valence-electron chi connectivity index (χ0n) is 16.8. The Bertz CT molecular complexity index is 1230. The molecule has 0 fully saturated rings. The molecule has 5 rings (SSSR count). The minimum Gasteiger partial charge on any atom is -0.336 e. The van der Waals surface area contributed by atoms with Crippen LogP contribution < -0.4 is 10.2 Å². The molecule has 0 bridgehead atoms. The molecule has 5 heteroatoms. The fourth-order valence-electron chi connectivity index (χ4n) is 4.28. The van der Waals surface area contributed by atoms with Gasteiger partial charge in [-0.25, -0.2) is 0 Å². The summed E-state index contributed by atoms with van der Waals surface area (Å²) in [5, 5.41) is 2.85. The van der Waals surface area contributed by atoms with E-state index < -0.39 is 0 Å². The van der Waals surface area contributed by atoms with Crippen molar-refractivity contribution in [2.45, 2.75) is 13.5 Å². The van der Waals surface area contributed by atoms with Crippen LogP contribution in [0.15, 0.2) is 66.7 Å². The number of nitrogens with one attached hydrogen (secondary N) is 1. The molecule has 0 unspecified atom stereocenters. The average Bonchev–Trinajstić information content (AvgIpc) is 2.89. The van der Waals surface area contributed by atoms with Gasteiger partial charge in [-0.1, -0.05) is 36.4 Å². The van der Waals surface area contributed by atoms with E-state index in [1.54, 1.807) is 4.90 Å².